The first-order valence-electron chi connectivity index (χ1n) is 32.1. The first-order chi connectivity index (χ1) is 35.0. The topological polar surface area (TPSA) is 95.9 Å². The number of aliphatic hydroxyl groups excluding tert-OH is 2. The summed E-state index contributed by atoms with van der Waals surface area (Å²) in [6, 6.07) is -0.634. The minimum atomic E-state index is -0.850. The lowest BCUT2D eigenvalue weighted by atomic mass is 10.0. The van der Waals surface area contributed by atoms with Crippen LogP contribution in [0.25, 0.3) is 0 Å². The molecule has 0 spiro atoms. The van der Waals surface area contributed by atoms with Gasteiger partial charge in [0.15, 0.2) is 0 Å². The number of carbonyl (C=O) groups is 2. The number of rotatable bonds is 60. The number of carbonyl (C=O) groups excluding carboxylic acids is 2. The number of amides is 1. The lowest BCUT2D eigenvalue weighted by Crippen LogP contribution is -2.45. The van der Waals surface area contributed by atoms with Crippen molar-refractivity contribution < 1.29 is 24.5 Å². The van der Waals surface area contributed by atoms with Crippen molar-refractivity contribution in [2.45, 2.75) is 366 Å². The Morgan fingerprint density at radius 3 is 1.00 bits per heavy atom. The molecular weight excluding hydrogens is 875 g/mol. The Kier molecular flexibility index (Phi) is 59.5. The second-order valence-electron chi connectivity index (χ2n) is 22.1. The molecule has 6 heteroatoms. The third-order valence-electron chi connectivity index (χ3n) is 15.0. The smallest absolute Gasteiger partial charge is 0.305 e. The number of esters is 1. The fourth-order valence-corrected chi connectivity index (χ4v) is 10.0. The van der Waals surface area contributed by atoms with Crippen LogP contribution < -0.4 is 5.32 Å². The summed E-state index contributed by atoms with van der Waals surface area (Å²) < 4.78 is 5.47. The molecule has 0 aromatic heterocycles. The molecule has 0 bridgehead atoms. The molecule has 0 aliphatic heterocycles. The van der Waals surface area contributed by atoms with Gasteiger partial charge in [0.2, 0.25) is 5.91 Å². The van der Waals surface area contributed by atoms with E-state index in [1.807, 2.05) is 6.08 Å². The quantitative estimate of drug-likeness (QED) is 0.0320. The Bertz CT molecular complexity index is 1110. The SMILES string of the molecule is CCCCCCC/C=C\CCCCCCCC(=O)OCCCCCCCCCCCCCCCCCCC(=O)NC(CO)C(O)/C=C/CCCCCCCCCCCCCCCCCCCCCCCC. The van der Waals surface area contributed by atoms with Crippen LogP contribution in [0.4, 0.5) is 0 Å². The monoisotopic (exact) mass is 1000 g/mol. The number of ether oxygens (including phenoxy) is 1. The van der Waals surface area contributed by atoms with E-state index in [4.69, 9.17) is 4.74 Å². The molecule has 0 saturated carbocycles. The van der Waals surface area contributed by atoms with Crippen molar-refractivity contribution in [2.24, 2.45) is 0 Å². The van der Waals surface area contributed by atoms with Crippen molar-refractivity contribution in [1.82, 2.24) is 5.32 Å². The van der Waals surface area contributed by atoms with Crippen LogP contribution in [-0.4, -0.2) is 47.4 Å². The maximum atomic E-state index is 12.5. The third-order valence-corrected chi connectivity index (χ3v) is 15.0. The predicted octanol–water partition coefficient (Wildman–Crippen LogP) is 20.2. The Morgan fingerprint density at radius 1 is 0.380 bits per heavy atom. The fraction of sp³-hybridized carbons (Fsp3) is 0.908. The van der Waals surface area contributed by atoms with Crippen LogP contribution in [-0.2, 0) is 14.3 Å². The van der Waals surface area contributed by atoms with E-state index >= 15 is 0 Å². The molecule has 0 aliphatic carbocycles. The van der Waals surface area contributed by atoms with Crippen molar-refractivity contribution >= 4 is 11.9 Å². The molecule has 2 unspecified atom stereocenters. The van der Waals surface area contributed by atoms with E-state index in [0.29, 0.717) is 19.4 Å². The molecule has 0 rings (SSSR count). The van der Waals surface area contributed by atoms with Gasteiger partial charge in [0, 0.05) is 12.8 Å². The van der Waals surface area contributed by atoms with Crippen LogP contribution in [0, 0.1) is 0 Å². The highest BCUT2D eigenvalue weighted by atomic mass is 16.5. The fourth-order valence-electron chi connectivity index (χ4n) is 10.0. The highest BCUT2D eigenvalue weighted by molar-refractivity contribution is 5.76. The first-order valence-corrected chi connectivity index (χ1v) is 32.1. The summed E-state index contributed by atoms with van der Waals surface area (Å²) in [6.45, 7) is 4.90. The van der Waals surface area contributed by atoms with Gasteiger partial charge in [-0.1, -0.05) is 308 Å². The van der Waals surface area contributed by atoms with Crippen LogP contribution in [0.15, 0.2) is 24.3 Å². The average Bonchev–Trinajstić information content (AvgIpc) is 3.37. The molecule has 0 heterocycles. The lowest BCUT2D eigenvalue weighted by Gasteiger charge is -2.20. The summed E-state index contributed by atoms with van der Waals surface area (Å²) in [7, 11) is 0. The van der Waals surface area contributed by atoms with Crippen molar-refractivity contribution in [3.05, 3.63) is 24.3 Å². The van der Waals surface area contributed by atoms with Crippen LogP contribution in [0.3, 0.4) is 0 Å². The van der Waals surface area contributed by atoms with Crippen molar-refractivity contribution in [3.8, 4) is 0 Å². The van der Waals surface area contributed by atoms with Crippen molar-refractivity contribution in [1.29, 1.82) is 0 Å². The molecule has 420 valence electrons. The van der Waals surface area contributed by atoms with Gasteiger partial charge in [-0.05, 0) is 57.8 Å². The van der Waals surface area contributed by atoms with Gasteiger partial charge in [0.1, 0.15) is 0 Å². The molecule has 0 radical (unpaired) electrons. The van der Waals surface area contributed by atoms with Crippen molar-refractivity contribution in [2.75, 3.05) is 13.2 Å². The van der Waals surface area contributed by atoms with E-state index in [1.54, 1.807) is 6.08 Å². The zero-order chi connectivity index (χ0) is 51.4. The van der Waals surface area contributed by atoms with E-state index in [1.165, 1.54) is 283 Å². The first kappa shape index (κ1) is 69.3. The highest BCUT2D eigenvalue weighted by Crippen LogP contribution is 2.18. The number of unbranched alkanes of at least 4 members (excludes halogenated alkanes) is 47. The van der Waals surface area contributed by atoms with Gasteiger partial charge in [-0.15, -0.1) is 0 Å². The molecule has 0 fully saturated rings. The Morgan fingerprint density at radius 2 is 0.662 bits per heavy atom. The van der Waals surface area contributed by atoms with E-state index in [-0.39, 0.29) is 18.5 Å². The molecule has 71 heavy (non-hydrogen) atoms. The predicted molar refractivity (Wildman–Crippen MR) is 310 cm³/mol. The van der Waals surface area contributed by atoms with Gasteiger partial charge in [-0.2, -0.15) is 0 Å². The third kappa shape index (κ3) is 57.5. The zero-order valence-electron chi connectivity index (χ0n) is 48.0. The van der Waals surface area contributed by atoms with E-state index in [9.17, 15) is 19.8 Å². The Balaban J connectivity index is 3.45. The molecule has 0 aromatic rings. The number of allylic oxidation sites excluding steroid dienone is 3. The minimum absolute atomic E-state index is 0.00559. The number of aliphatic hydroxyl groups is 2. The zero-order valence-corrected chi connectivity index (χ0v) is 48.0. The summed E-state index contributed by atoms with van der Waals surface area (Å²) in [5, 5.41) is 23.2. The molecule has 1 amide bonds. The van der Waals surface area contributed by atoms with Gasteiger partial charge in [0.25, 0.3) is 0 Å². The number of hydrogen-bond donors (Lipinski definition) is 3. The van der Waals surface area contributed by atoms with Gasteiger partial charge in [0.05, 0.1) is 25.4 Å². The van der Waals surface area contributed by atoms with E-state index < -0.39 is 12.1 Å². The van der Waals surface area contributed by atoms with Crippen LogP contribution in [0.1, 0.15) is 354 Å². The molecule has 3 N–H and O–H groups in total. The van der Waals surface area contributed by atoms with Crippen LogP contribution in [0.2, 0.25) is 0 Å². The Labute approximate surface area is 443 Å². The Hall–Kier alpha value is -1.66. The van der Waals surface area contributed by atoms with E-state index in [2.05, 4.69) is 31.3 Å². The van der Waals surface area contributed by atoms with E-state index in [0.717, 1.165) is 44.9 Å². The highest BCUT2D eigenvalue weighted by Gasteiger charge is 2.18. The summed E-state index contributed by atoms with van der Waals surface area (Å²) in [5.74, 6) is -0.0769. The summed E-state index contributed by atoms with van der Waals surface area (Å²) in [4.78, 5) is 24.6. The molecule has 0 aromatic carbocycles. The molecule has 2 atom stereocenters. The van der Waals surface area contributed by atoms with Crippen LogP contribution >= 0.6 is 0 Å². The maximum Gasteiger partial charge on any atom is 0.305 e. The molecule has 0 saturated heterocycles. The minimum Gasteiger partial charge on any atom is -0.466 e. The maximum absolute atomic E-state index is 12.5. The second-order valence-corrected chi connectivity index (χ2v) is 22.1. The molecular formula is C65H125NO5. The van der Waals surface area contributed by atoms with Gasteiger partial charge < -0.3 is 20.3 Å². The summed E-state index contributed by atoms with van der Waals surface area (Å²) in [5.41, 5.74) is 0. The summed E-state index contributed by atoms with van der Waals surface area (Å²) >= 11 is 0. The standard InChI is InChI=1S/C65H125NO5/c1-3-5-7-9-11-13-15-17-19-20-21-22-23-24-25-26-27-30-33-37-41-45-49-53-57-63(68)62(61-67)66-64(69)58-54-50-46-42-38-34-31-28-29-32-36-40-44-48-52-56-60-71-65(70)59-55-51-47-43-39-35-18-16-14-12-10-8-6-4-2/h16,18,53,57,62-63,67-68H,3-15,17,19-52,54-56,58-61H2,1-2H3,(H,66,69)/b18-16-,57-53+. The number of hydrogen-bond acceptors (Lipinski definition) is 5. The average molecular weight is 1000 g/mol. The summed E-state index contributed by atoms with van der Waals surface area (Å²) in [6.07, 6.45) is 75.0. The van der Waals surface area contributed by atoms with Gasteiger partial charge in [-0.3, -0.25) is 9.59 Å². The van der Waals surface area contributed by atoms with Crippen LogP contribution in [0.5, 0.6) is 0 Å². The molecule has 6 nitrogen and oxygen atoms in total. The largest absolute Gasteiger partial charge is 0.466 e. The second kappa shape index (κ2) is 60.9. The lowest BCUT2D eigenvalue weighted by molar-refractivity contribution is -0.143. The van der Waals surface area contributed by atoms with Gasteiger partial charge in [-0.25, -0.2) is 0 Å². The molecule has 0 aliphatic rings. The van der Waals surface area contributed by atoms with Gasteiger partial charge >= 0.3 is 5.97 Å². The number of nitrogens with one attached hydrogen (secondary N) is 1. The van der Waals surface area contributed by atoms with Crippen molar-refractivity contribution in [3.63, 3.8) is 0 Å². The normalized spacial score (nSPS) is 12.7.